The average Bonchev–Trinajstić information content (AvgIpc) is 3.45. The Balaban J connectivity index is 1.83. The number of imidazole rings is 1. The standard InChI is InChI=1S/C32H38Cl2N4O7S/c1-6-35-25-17-21(31(39)44-9-4)23(33)19-27(25)36(7-2)29(35)13-11-14-30-37(8-3)28-20-24(34)22(32(40)45-10-5)18-26(28)38(30)15-12-16-46(41,42)43/h11,13-14,17-20H,6-10,12,15-16H2,1-5H3/p+1. The number of halogens is 2. The number of anilines is 2. The highest BCUT2D eigenvalue weighted by molar-refractivity contribution is 7.85. The van der Waals surface area contributed by atoms with Crippen molar-refractivity contribution in [3.8, 4) is 0 Å². The molecule has 4 rings (SSSR count). The molecule has 0 saturated carbocycles. The molecule has 1 aromatic heterocycles. The van der Waals surface area contributed by atoms with Crippen molar-refractivity contribution >= 4 is 73.7 Å². The maximum Gasteiger partial charge on any atom is 0.339 e. The molecule has 2 aromatic carbocycles. The molecule has 0 radical (unpaired) electrons. The summed E-state index contributed by atoms with van der Waals surface area (Å²) in [5.41, 5.74) is 3.61. The third-order valence-electron chi connectivity index (χ3n) is 7.61. The van der Waals surface area contributed by atoms with Crippen molar-refractivity contribution in [2.24, 2.45) is 0 Å². The zero-order valence-electron chi connectivity index (χ0n) is 26.5. The lowest BCUT2D eigenvalue weighted by atomic mass is 10.1. The van der Waals surface area contributed by atoms with Crippen LogP contribution in [0.15, 0.2) is 42.2 Å². The lowest BCUT2D eigenvalue weighted by Gasteiger charge is -2.23. The van der Waals surface area contributed by atoms with Crippen LogP contribution in [-0.2, 0) is 32.7 Å². The van der Waals surface area contributed by atoms with Crippen molar-refractivity contribution < 1.29 is 36.6 Å². The molecule has 0 saturated heterocycles. The highest BCUT2D eigenvalue weighted by atomic mass is 35.5. The highest BCUT2D eigenvalue weighted by Gasteiger charge is 2.32. The fraction of sp³-hybridized carbons (Fsp3) is 0.406. The van der Waals surface area contributed by atoms with Crippen LogP contribution in [0, 0.1) is 0 Å². The summed E-state index contributed by atoms with van der Waals surface area (Å²) in [6.45, 7) is 11.9. The molecular weight excluding hydrogens is 655 g/mol. The van der Waals surface area contributed by atoms with Crippen molar-refractivity contribution in [3.05, 3.63) is 69.2 Å². The zero-order chi connectivity index (χ0) is 33.8. The van der Waals surface area contributed by atoms with E-state index >= 15 is 0 Å². The number of esters is 2. The van der Waals surface area contributed by atoms with Crippen molar-refractivity contribution in [2.45, 2.75) is 54.1 Å². The van der Waals surface area contributed by atoms with Gasteiger partial charge in [0.1, 0.15) is 5.82 Å². The van der Waals surface area contributed by atoms with E-state index in [2.05, 4.69) is 9.80 Å². The van der Waals surface area contributed by atoms with E-state index in [1.807, 2.05) is 48.1 Å². The van der Waals surface area contributed by atoms with Gasteiger partial charge in [-0.2, -0.15) is 8.42 Å². The van der Waals surface area contributed by atoms with Gasteiger partial charge in [-0.1, -0.05) is 29.3 Å². The van der Waals surface area contributed by atoms with Gasteiger partial charge in [-0.15, -0.1) is 0 Å². The van der Waals surface area contributed by atoms with Gasteiger partial charge in [0.15, 0.2) is 11.0 Å². The minimum Gasteiger partial charge on any atom is -0.462 e. The second kappa shape index (κ2) is 14.9. The number of nitrogens with zero attached hydrogens (tertiary/aromatic N) is 4. The number of carbonyl (C=O) groups excluding carboxylic acids is 2. The zero-order valence-corrected chi connectivity index (χ0v) is 28.9. The first kappa shape index (κ1) is 35.3. The summed E-state index contributed by atoms with van der Waals surface area (Å²) >= 11 is 13.1. The Morgan fingerprint density at radius 3 is 1.98 bits per heavy atom. The summed E-state index contributed by atoms with van der Waals surface area (Å²) in [7, 11) is -4.17. The van der Waals surface area contributed by atoms with E-state index in [9.17, 15) is 22.6 Å². The Morgan fingerprint density at radius 2 is 1.43 bits per heavy atom. The summed E-state index contributed by atoms with van der Waals surface area (Å²) in [4.78, 5) is 29.4. The predicted octanol–water partition coefficient (Wildman–Crippen LogP) is 6.11. The number of hydrogen-bond acceptors (Lipinski definition) is 8. The van der Waals surface area contributed by atoms with E-state index in [1.54, 1.807) is 38.1 Å². The van der Waals surface area contributed by atoms with E-state index in [1.165, 1.54) is 0 Å². The first-order valence-corrected chi connectivity index (χ1v) is 17.6. The number of fused-ring (bicyclic) bond motifs is 2. The van der Waals surface area contributed by atoms with Gasteiger partial charge in [0.25, 0.3) is 15.9 Å². The second-order valence-electron chi connectivity index (χ2n) is 10.3. The average molecular weight is 695 g/mol. The smallest absolute Gasteiger partial charge is 0.339 e. The molecule has 14 heteroatoms. The van der Waals surface area contributed by atoms with Crippen LogP contribution in [0.25, 0.3) is 17.1 Å². The van der Waals surface area contributed by atoms with E-state index in [-0.39, 0.29) is 36.8 Å². The maximum atomic E-state index is 12.7. The molecule has 0 amide bonds. The topological polar surface area (TPSA) is 122 Å². The van der Waals surface area contributed by atoms with E-state index in [0.29, 0.717) is 35.7 Å². The Kier molecular flexibility index (Phi) is 11.4. The van der Waals surface area contributed by atoms with Gasteiger partial charge in [-0.05, 0) is 52.8 Å². The number of rotatable bonds is 13. The quantitative estimate of drug-likeness (QED) is 0.128. The highest BCUT2D eigenvalue weighted by Crippen LogP contribution is 2.44. The van der Waals surface area contributed by atoms with Gasteiger partial charge in [0.05, 0.1) is 64.6 Å². The van der Waals surface area contributed by atoms with E-state index < -0.39 is 27.8 Å². The summed E-state index contributed by atoms with van der Waals surface area (Å²) in [6, 6.07) is 6.90. The lowest BCUT2D eigenvalue weighted by Crippen LogP contribution is -2.37. The number of ether oxygens (including phenoxy) is 2. The molecule has 11 nitrogen and oxygen atoms in total. The lowest BCUT2D eigenvalue weighted by molar-refractivity contribution is -0.673. The van der Waals surface area contributed by atoms with Crippen LogP contribution >= 0.6 is 23.2 Å². The van der Waals surface area contributed by atoms with Gasteiger partial charge >= 0.3 is 11.9 Å². The number of carbonyl (C=O) groups is 2. The molecule has 1 aliphatic rings. The normalized spacial score (nSPS) is 14.1. The molecule has 1 aliphatic heterocycles. The van der Waals surface area contributed by atoms with Crippen LogP contribution in [0.5, 0.6) is 0 Å². The second-order valence-corrected chi connectivity index (χ2v) is 12.7. The van der Waals surface area contributed by atoms with Crippen molar-refractivity contribution in [1.29, 1.82) is 0 Å². The van der Waals surface area contributed by atoms with E-state index in [4.69, 9.17) is 32.7 Å². The van der Waals surface area contributed by atoms with Gasteiger partial charge in [0, 0.05) is 37.7 Å². The number of aromatic nitrogens is 2. The molecule has 0 fully saturated rings. The first-order valence-electron chi connectivity index (χ1n) is 15.2. The molecule has 1 N–H and O–H groups in total. The monoisotopic (exact) mass is 693 g/mol. The molecule has 2 heterocycles. The minimum absolute atomic E-state index is 0.137. The Hall–Kier alpha value is -3.58. The fourth-order valence-electron chi connectivity index (χ4n) is 5.70. The molecule has 3 aromatic rings. The third kappa shape index (κ3) is 7.20. The predicted molar refractivity (Wildman–Crippen MR) is 180 cm³/mol. The van der Waals surface area contributed by atoms with Gasteiger partial charge in [-0.3, -0.25) is 4.55 Å². The van der Waals surface area contributed by atoms with Gasteiger partial charge < -0.3 is 19.3 Å². The van der Waals surface area contributed by atoms with Crippen LogP contribution in [0.2, 0.25) is 10.0 Å². The summed E-state index contributed by atoms with van der Waals surface area (Å²) < 4.78 is 46.8. The molecule has 0 unspecified atom stereocenters. The SMILES string of the molecule is CCOC(=O)c1cc2c(cc1Cl)N(CC)C(=CC=Cc1n(CC)c3cc(Cl)c(C(=O)OCC)cc3[n+]1CCCS(=O)(=O)O)N2CC. The largest absolute Gasteiger partial charge is 0.462 e. The van der Waals surface area contributed by atoms with Crippen LogP contribution in [0.3, 0.4) is 0 Å². The number of allylic oxidation sites excluding steroid dienone is 2. The number of hydrogen-bond donors (Lipinski definition) is 1. The van der Waals surface area contributed by atoms with Crippen molar-refractivity contribution in [1.82, 2.24) is 4.57 Å². The minimum atomic E-state index is -4.17. The third-order valence-corrected chi connectivity index (χ3v) is 9.04. The Labute approximate surface area is 279 Å². The molecule has 0 atom stereocenters. The number of benzene rings is 2. The molecule has 46 heavy (non-hydrogen) atoms. The van der Waals surface area contributed by atoms with Crippen molar-refractivity contribution in [2.75, 3.05) is 41.9 Å². The van der Waals surface area contributed by atoms with E-state index in [0.717, 1.165) is 28.5 Å². The molecule has 0 spiro atoms. The molecular formula is C32H39Cl2N4O7S+. The Morgan fingerprint density at radius 1 is 0.870 bits per heavy atom. The first-order chi connectivity index (χ1) is 21.9. The summed E-state index contributed by atoms with van der Waals surface area (Å²) in [5.74, 6) is 0.143. The molecule has 0 bridgehead atoms. The maximum absolute atomic E-state index is 12.7. The van der Waals surface area contributed by atoms with Crippen LogP contribution < -0.4 is 14.4 Å². The van der Waals surface area contributed by atoms with Crippen LogP contribution in [0.1, 0.15) is 67.6 Å². The summed E-state index contributed by atoms with van der Waals surface area (Å²) in [5, 5.41) is 0.547. The van der Waals surface area contributed by atoms with Crippen LogP contribution in [-0.4, -0.2) is 61.5 Å². The van der Waals surface area contributed by atoms with Gasteiger partial charge in [0.2, 0.25) is 0 Å². The fourth-order valence-corrected chi connectivity index (χ4v) is 6.66. The molecule has 0 aliphatic carbocycles. The van der Waals surface area contributed by atoms with Gasteiger partial charge in [-0.25, -0.2) is 18.7 Å². The van der Waals surface area contributed by atoms with Crippen LogP contribution in [0.4, 0.5) is 11.4 Å². The Bertz CT molecular complexity index is 1820. The number of aryl methyl sites for hydroxylation is 2. The summed E-state index contributed by atoms with van der Waals surface area (Å²) in [6.07, 6.45) is 5.90. The van der Waals surface area contributed by atoms with Crippen molar-refractivity contribution in [3.63, 3.8) is 0 Å². The molecule has 248 valence electrons.